The van der Waals surface area contributed by atoms with E-state index < -0.39 is 20.6 Å². The van der Waals surface area contributed by atoms with Crippen LogP contribution in [0, 0.1) is 10.1 Å². The maximum atomic E-state index is 11.3. The van der Waals surface area contributed by atoms with Gasteiger partial charge < -0.3 is 0 Å². The van der Waals surface area contributed by atoms with Crippen LogP contribution in [0.25, 0.3) is 0 Å². The van der Waals surface area contributed by atoms with Gasteiger partial charge in [0.15, 0.2) is 0 Å². The van der Waals surface area contributed by atoms with Crippen LogP contribution in [0.3, 0.4) is 0 Å². The van der Waals surface area contributed by atoms with Gasteiger partial charge in [-0.25, -0.2) is 13.6 Å². The summed E-state index contributed by atoms with van der Waals surface area (Å²) in [5.74, 6) is 0. The summed E-state index contributed by atoms with van der Waals surface area (Å²) in [6.45, 7) is 1.68. The predicted octanol–water partition coefficient (Wildman–Crippen LogP) is 2.73. The van der Waals surface area contributed by atoms with E-state index in [1.807, 2.05) is 0 Å². The van der Waals surface area contributed by atoms with Crippen LogP contribution in [0.1, 0.15) is 12.5 Å². The van der Waals surface area contributed by atoms with Gasteiger partial charge in [-0.3, -0.25) is 15.5 Å². The van der Waals surface area contributed by atoms with Crippen LogP contribution in [-0.4, -0.2) is 19.1 Å². The highest BCUT2D eigenvalue weighted by Crippen LogP contribution is 2.27. The molecule has 0 saturated heterocycles. The number of sulfonamides is 1. The molecule has 0 bridgehead atoms. The zero-order valence-electron chi connectivity index (χ0n) is 12.4. The van der Waals surface area contributed by atoms with E-state index in [4.69, 9.17) is 16.7 Å². The third-order valence-corrected chi connectivity index (χ3v) is 4.34. The van der Waals surface area contributed by atoms with Crippen molar-refractivity contribution < 1.29 is 13.3 Å². The Balaban J connectivity index is 2.38. The fraction of sp³-hybridized carbons (Fsp3) is 0.0714. The van der Waals surface area contributed by atoms with Crippen molar-refractivity contribution >= 4 is 38.7 Å². The number of anilines is 1. The Labute approximate surface area is 143 Å². The van der Waals surface area contributed by atoms with Gasteiger partial charge in [0.05, 0.1) is 15.5 Å². The van der Waals surface area contributed by atoms with Crippen molar-refractivity contribution in [1.29, 1.82) is 0 Å². The lowest BCUT2D eigenvalue weighted by Gasteiger charge is -2.07. The molecular formula is C14H13ClN4O4S. The van der Waals surface area contributed by atoms with Crippen LogP contribution in [0.4, 0.5) is 11.4 Å². The number of nitrogens with one attached hydrogen (secondary N) is 1. The fourth-order valence-electron chi connectivity index (χ4n) is 1.89. The molecule has 0 atom stereocenters. The molecule has 0 amide bonds. The zero-order chi connectivity index (χ0) is 17.9. The summed E-state index contributed by atoms with van der Waals surface area (Å²) >= 11 is 6.06. The van der Waals surface area contributed by atoms with Crippen molar-refractivity contribution in [2.75, 3.05) is 5.43 Å². The number of hydrogen-bond acceptors (Lipinski definition) is 6. The van der Waals surface area contributed by atoms with Crippen LogP contribution in [0.2, 0.25) is 5.02 Å². The third-order valence-electron chi connectivity index (χ3n) is 3.10. The van der Waals surface area contributed by atoms with E-state index in [1.54, 1.807) is 31.2 Å². The molecule has 0 aliphatic carbocycles. The van der Waals surface area contributed by atoms with Gasteiger partial charge in [-0.2, -0.15) is 5.10 Å². The van der Waals surface area contributed by atoms with Gasteiger partial charge in [0.2, 0.25) is 10.0 Å². The van der Waals surface area contributed by atoms with E-state index in [1.165, 1.54) is 6.07 Å². The van der Waals surface area contributed by atoms with E-state index in [9.17, 15) is 18.5 Å². The molecule has 24 heavy (non-hydrogen) atoms. The number of rotatable bonds is 5. The van der Waals surface area contributed by atoms with Crippen molar-refractivity contribution in [3.05, 3.63) is 63.2 Å². The van der Waals surface area contributed by atoms with Crippen molar-refractivity contribution in [3.63, 3.8) is 0 Å². The van der Waals surface area contributed by atoms with Gasteiger partial charge in [-0.15, -0.1) is 0 Å². The molecule has 2 aromatic carbocycles. The third kappa shape index (κ3) is 4.07. The Morgan fingerprint density at radius 3 is 2.54 bits per heavy atom. The molecule has 8 nitrogen and oxygen atoms in total. The summed E-state index contributed by atoms with van der Waals surface area (Å²) < 4.78 is 22.6. The lowest BCUT2D eigenvalue weighted by Crippen LogP contribution is -2.12. The number of halogens is 1. The number of nitrogens with zero attached hydrogens (tertiary/aromatic N) is 2. The monoisotopic (exact) mass is 368 g/mol. The number of nitro benzene ring substituents is 1. The number of nitro groups is 1. The summed E-state index contributed by atoms with van der Waals surface area (Å²) in [6, 6.07) is 10.2. The van der Waals surface area contributed by atoms with Crippen molar-refractivity contribution in [1.82, 2.24) is 0 Å². The molecular weight excluding hydrogens is 356 g/mol. The minimum atomic E-state index is -4.04. The first-order valence-corrected chi connectivity index (χ1v) is 8.49. The average molecular weight is 369 g/mol. The zero-order valence-corrected chi connectivity index (χ0v) is 14.0. The fourth-order valence-corrected chi connectivity index (χ4v) is 2.70. The quantitative estimate of drug-likeness (QED) is 0.476. The highest BCUT2D eigenvalue weighted by atomic mass is 35.5. The maximum absolute atomic E-state index is 11.3. The maximum Gasteiger partial charge on any atom is 0.295 e. The molecule has 0 unspecified atom stereocenters. The topological polar surface area (TPSA) is 128 Å². The average Bonchev–Trinajstić information content (AvgIpc) is 2.51. The molecule has 0 spiro atoms. The molecule has 0 heterocycles. The Hall–Kier alpha value is -2.49. The molecule has 0 fully saturated rings. The van der Waals surface area contributed by atoms with Crippen LogP contribution in [-0.2, 0) is 10.0 Å². The number of hydrogen-bond donors (Lipinski definition) is 2. The second kappa shape index (κ2) is 6.95. The minimum absolute atomic E-state index is 0.0267. The SMILES string of the molecule is CC(=NNc1ccc(S(N)(=O)=O)cc1[N+](=O)[O-])c1ccccc1Cl. The Bertz CT molecular complexity index is 928. The molecule has 0 aliphatic rings. The highest BCUT2D eigenvalue weighted by Gasteiger charge is 2.19. The van der Waals surface area contributed by atoms with E-state index in [-0.39, 0.29) is 10.6 Å². The summed E-state index contributed by atoms with van der Waals surface area (Å²) in [5, 5.41) is 20.7. The summed E-state index contributed by atoms with van der Waals surface area (Å²) in [6.07, 6.45) is 0. The van der Waals surface area contributed by atoms with Crippen molar-refractivity contribution in [2.24, 2.45) is 10.2 Å². The molecule has 126 valence electrons. The molecule has 0 radical (unpaired) electrons. The Kier molecular flexibility index (Phi) is 5.17. The highest BCUT2D eigenvalue weighted by molar-refractivity contribution is 7.89. The molecule has 3 N–H and O–H groups in total. The predicted molar refractivity (Wildman–Crippen MR) is 91.8 cm³/mol. The summed E-state index contributed by atoms with van der Waals surface area (Å²) in [5.41, 5.74) is 3.28. The first kappa shape index (κ1) is 17.9. The van der Waals surface area contributed by atoms with Gasteiger partial charge >= 0.3 is 0 Å². The number of nitrogens with two attached hydrogens (primary N) is 1. The van der Waals surface area contributed by atoms with E-state index in [0.29, 0.717) is 16.3 Å². The lowest BCUT2D eigenvalue weighted by molar-refractivity contribution is -0.384. The van der Waals surface area contributed by atoms with Gasteiger partial charge in [0.25, 0.3) is 5.69 Å². The van der Waals surface area contributed by atoms with Crippen LogP contribution in [0.5, 0.6) is 0 Å². The number of hydrazone groups is 1. The Morgan fingerprint density at radius 2 is 1.96 bits per heavy atom. The standard InChI is InChI=1S/C14H13ClN4O4S/c1-9(11-4-2-3-5-12(11)15)17-18-13-7-6-10(24(16,22)23)8-14(13)19(20)21/h2-8,18H,1H3,(H2,16,22,23). The molecule has 2 rings (SSSR count). The van der Waals surface area contributed by atoms with E-state index in [0.717, 1.165) is 12.1 Å². The van der Waals surface area contributed by atoms with Crippen molar-refractivity contribution in [3.8, 4) is 0 Å². The van der Waals surface area contributed by atoms with Gasteiger partial charge in [0.1, 0.15) is 5.69 Å². The lowest BCUT2D eigenvalue weighted by atomic mass is 10.1. The first-order valence-electron chi connectivity index (χ1n) is 6.56. The van der Waals surface area contributed by atoms with E-state index >= 15 is 0 Å². The van der Waals surface area contributed by atoms with Crippen LogP contribution >= 0.6 is 11.6 Å². The summed E-state index contributed by atoms with van der Waals surface area (Å²) in [7, 11) is -4.04. The van der Waals surface area contributed by atoms with Crippen LogP contribution < -0.4 is 10.6 Å². The minimum Gasteiger partial charge on any atom is -0.271 e. The Morgan fingerprint density at radius 1 is 1.29 bits per heavy atom. The smallest absolute Gasteiger partial charge is 0.271 e. The second-order valence-electron chi connectivity index (χ2n) is 4.77. The molecule has 0 aromatic heterocycles. The van der Waals surface area contributed by atoms with Crippen molar-refractivity contribution in [2.45, 2.75) is 11.8 Å². The van der Waals surface area contributed by atoms with Crippen LogP contribution in [0.15, 0.2) is 52.5 Å². The van der Waals surface area contributed by atoms with E-state index in [2.05, 4.69) is 10.5 Å². The second-order valence-corrected chi connectivity index (χ2v) is 6.74. The van der Waals surface area contributed by atoms with Gasteiger partial charge in [-0.05, 0) is 25.1 Å². The largest absolute Gasteiger partial charge is 0.295 e. The normalized spacial score (nSPS) is 12.0. The molecule has 2 aromatic rings. The molecule has 0 saturated carbocycles. The number of primary sulfonamides is 1. The molecule has 0 aliphatic heterocycles. The van der Waals surface area contributed by atoms with Gasteiger partial charge in [0, 0.05) is 16.7 Å². The van der Waals surface area contributed by atoms with Gasteiger partial charge in [-0.1, -0.05) is 29.8 Å². The first-order chi connectivity index (χ1) is 11.2. The molecule has 10 heteroatoms. The number of benzene rings is 2. The summed E-state index contributed by atoms with van der Waals surface area (Å²) in [4.78, 5) is 10.1.